The Balaban J connectivity index is 1.79. The lowest BCUT2D eigenvalue weighted by Gasteiger charge is -2.13. The number of aliphatic hydroxyl groups excluding tert-OH is 1. The summed E-state index contributed by atoms with van der Waals surface area (Å²) in [4.78, 5) is 3.85. The van der Waals surface area contributed by atoms with Crippen molar-refractivity contribution in [1.29, 1.82) is 0 Å². The van der Waals surface area contributed by atoms with Gasteiger partial charge >= 0.3 is 12.5 Å². The van der Waals surface area contributed by atoms with Gasteiger partial charge in [0.25, 0.3) is 0 Å². The second-order valence-corrected chi connectivity index (χ2v) is 5.91. The van der Waals surface area contributed by atoms with Crippen molar-refractivity contribution in [2.24, 2.45) is 10.7 Å². The molecular weight excluding hydrogens is 420 g/mol. The number of alkyl halides is 6. The Hall–Kier alpha value is -3.15. The highest BCUT2D eigenvalue weighted by atomic mass is 19.4. The van der Waals surface area contributed by atoms with Gasteiger partial charge in [-0.15, -0.1) is 13.2 Å². The van der Waals surface area contributed by atoms with Crippen molar-refractivity contribution in [2.45, 2.75) is 18.6 Å². The summed E-state index contributed by atoms with van der Waals surface area (Å²) >= 11 is 0. The summed E-state index contributed by atoms with van der Waals surface area (Å²) in [5, 5.41) is 12.4. The van der Waals surface area contributed by atoms with Crippen molar-refractivity contribution in [3.63, 3.8) is 0 Å². The van der Waals surface area contributed by atoms with Crippen LogP contribution in [0.1, 0.15) is 5.56 Å². The smallest absolute Gasteiger partial charge is 0.491 e. The zero-order chi connectivity index (χ0) is 22.4. The molecule has 0 amide bonds. The molecule has 0 heterocycles. The predicted octanol–water partition coefficient (Wildman–Crippen LogP) is 3.77. The van der Waals surface area contributed by atoms with Crippen molar-refractivity contribution in [1.82, 2.24) is 0 Å². The van der Waals surface area contributed by atoms with Gasteiger partial charge in [0.05, 0.1) is 12.1 Å². The molecule has 0 aliphatic heterocycles. The van der Waals surface area contributed by atoms with Crippen LogP contribution in [0.25, 0.3) is 0 Å². The van der Waals surface area contributed by atoms with E-state index in [0.717, 1.165) is 36.4 Å². The molecule has 0 saturated carbocycles. The third-order valence-corrected chi connectivity index (χ3v) is 3.46. The Labute approximate surface area is 166 Å². The van der Waals surface area contributed by atoms with Crippen LogP contribution in [0, 0.1) is 0 Å². The number of hydrogen-bond acceptors (Lipinski definition) is 4. The summed E-state index contributed by atoms with van der Waals surface area (Å²) in [6.07, 6.45) is -10.4. The molecule has 12 heteroatoms. The molecule has 164 valence electrons. The zero-order valence-corrected chi connectivity index (χ0v) is 15.2. The SMILES string of the molecule is NC(=NCC(O)COc1ccc(C(F)(F)F)cc1)Nc1ccc(OC(F)(F)F)cc1. The van der Waals surface area contributed by atoms with E-state index in [4.69, 9.17) is 10.5 Å². The lowest BCUT2D eigenvalue weighted by molar-refractivity contribution is -0.274. The summed E-state index contributed by atoms with van der Waals surface area (Å²) in [6, 6.07) is 8.69. The number of nitrogens with two attached hydrogens (primary N) is 1. The first-order valence-corrected chi connectivity index (χ1v) is 8.33. The van der Waals surface area contributed by atoms with Crippen LogP contribution in [0.4, 0.5) is 32.0 Å². The van der Waals surface area contributed by atoms with Crippen LogP contribution in [0.3, 0.4) is 0 Å². The van der Waals surface area contributed by atoms with E-state index in [2.05, 4.69) is 15.0 Å². The average Bonchev–Trinajstić information content (AvgIpc) is 2.65. The van der Waals surface area contributed by atoms with E-state index in [-0.39, 0.29) is 24.9 Å². The number of anilines is 1. The van der Waals surface area contributed by atoms with Gasteiger partial charge in [-0.1, -0.05) is 0 Å². The van der Waals surface area contributed by atoms with Crippen molar-refractivity contribution in [3.05, 3.63) is 54.1 Å². The third kappa shape index (κ3) is 8.07. The number of benzene rings is 2. The van der Waals surface area contributed by atoms with E-state index in [0.29, 0.717) is 5.69 Å². The van der Waals surface area contributed by atoms with Gasteiger partial charge in [-0.05, 0) is 48.5 Å². The Morgan fingerprint density at radius 3 is 2.07 bits per heavy atom. The van der Waals surface area contributed by atoms with E-state index in [1.165, 1.54) is 12.1 Å². The largest absolute Gasteiger partial charge is 0.573 e. The maximum absolute atomic E-state index is 12.5. The minimum Gasteiger partial charge on any atom is -0.491 e. The number of nitrogens with zero attached hydrogens (tertiary/aromatic N) is 1. The molecule has 0 aromatic heterocycles. The van der Waals surface area contributed by atoms with Gasteiger partial charge in [0, 0.05) is 5.69 Å². The first kappa shape index (κ1) is 23.1. The molecule has 0 spiro atoms. The second kappa shape index (κ2) is 9.57. The van der Waals surface area contributed by atoms with Gasteiger partial charge in [0.1, 0.15) is 24.2 Å². The molecule has 30 heavy (non-hydrogen) atoms. The van der Waals surface area contributed by atoms with Crippen LogP contribution in [0.15, 0.2) is 53.5 Å². The lowest BCUT2D eigenvalue weighted by atomic mass is 10.2. The molecule has 2 aromatic carbocycles. The van der Waals surface area contributed by atoms with E-state index >= 15 is 0 Å². The monoisotopic (exact) mass is 437 g/mol. The normalized spacial score (nSPS) is 13.6. The standard InChI is InChI=1S/C18H17F6N3O3/c19-17(20,21)11-1-5-14(6-2-11)29-10-13(28)9-26-16(25)27-12-3-7-15(8-4-12)30-18(22,23)24/h1-8,13,28H,9-10H2,(H3,25,26,27). The summed E-state index contributed by atoms with van der Waals surface area (Å²) in [5.41, 5.74) is 5.14. The Bertz CT molecular complexity index is 836. The number of halogens is 6. The summed E-state index contributed by atoms with van der Waals surface area (Å²) in [7, 11) is 0. The molecule has 0 radical (unpaired) electrons. The van der Waals surface area contributed by atoms with Gasteiger partial charge in [-0.25, -0.2) is 0 Å². The second-order valence-electron chi connectivity index (χ2n) is 5.91. The van der Waals surface area contributed by atoms with E-state index in [1.807, 2.05) is 0 Å². The fourth-order valence-electron chi connectivity index (χ4n) is 2.12. The predicted molar refractivity (Wildman–Crippen MR) is 96.2 cm³/mol. The first-order valence-electron chi connectivity index (χ1n) is 8.33. The fraction of sp³-hybridized carbons (Fsp3) is 0.278. The molecule has 0 saturated heterocycles. The summed E-state index contributed by atoms with van der Waals surface area (Å²) in [5.74, 6) is -0.384. The van der Waals surface area contributed by atoms with Crippen molar-refractivity contribution < 1.29 is 40.9 Å². The van der Waals surface area contributed by atoms with Gasteiger partial charge in [-0.3, -0.25) is 4.99 Å². The Morgan fingerprint density at radius 2 is 1.53 bits per heavy atom. The van der Waals surface area contributed by atoms with Crippen LogP contribution in [-0.4, -0.2) is 36.7 Å². The molecule has 4 N–H and O–H groups in total. The molecule has 1 atom stereocenters. The van der Waals surface area contributed by atoms with Crippen molar-refractivity contribution in [3.8, 4) is 11.5 Å². The summed E-state index contributed by atoms with van der Waals surface area (Å²) < 4.78 is 82.7. The molecular formula is C18H17F6N3O3. The van der Waals surface area contributed by atoms with Gasteiger partial charge < -0.3 is 25.6 Å². The number of hydrogen-bond donors (Lipinski definition) is 3. The van der Waals surface area contributed by atoms with Gasteiger partial charge in [-0.2, -0.15) is 13.2 Å². The molecule has 2 aromatic rings. The van der Waals surface area contributed by atoms with E-state index in [1.54, 1.807) is 0 Å². The number of guanidine groups is 1. The number of rotatable bonds is 7. The van der Waals surface area contributed by atoms with Crippen LogP contribution < -0.4 is 20.5 Å². The quantitative estimate of drug-likeness (QED) is 0.349. The topological polar surface area (TPSA) is 89.1 Å². The zero-order valence-electron chi connectivity index (χ0n) is 15.2. The van der Waals surface area contributed by atoms with Crippen LogP contribution >= 0.6 is 0 Å². The van der Waals surface area contributed by atoms with Crippen molar-refractivity contribution >= 4 is 11.6 Å². The first-order chi connectivity index (χ1) is 13.9. The number of aliphatic hydroxyl groups is 1. The minimum atomic E-state index is -4.80. The molecule has 2 rings (SSSR count). The number of aliphatic imine (C=N–C) groups is 1. The number of nitrogens with one attached hydrogen (secondary N) is 1. The highest BCUT2D eigenvalue weighted by Gasteiger charge is 2.31. The molecule has 1 unspecified atom stereocenters. The maximum atomic E-state index is 12.5. The van der Waals surface area contributed by atoms with Gasteiger partial charge in [0.15, 0.2) is 5.96 Å². The van der Waals surface area contributed by atoms with Crippen molar-refractivity contribution in [2.75, 3.05) is 18.5 Å². The van der Waals surface area contributed by atoms with E-state index < -0.39 is 30.0 Å². The molecule has 0 fully saturated rings. The van der Waals surface area contributed by atoms with Crippen LogP contribution in [-0.2, 0) is 6.18 Å². The average molecular weight is 437 g/mol. The summed E-state index contributed by atoms with van der Waals surface area (Å²) in [6.45, 7) is -0.430. The van der Waals surface area contributed by atoms with Crippen LogP contribution in [0.5, 0.6) is 11.5 Å². The minimum absolute atomic E-state index is 0.118. The lowest BCUT2D eigenvalue weighted by Crippen LogP contribution is -2.27. The highest BCUT2D eigenvalue weighted by Crippen LogP contribution is 2.30. The maximum Gasteiger partial charge on any atom is 0.573 e. The van der Waals surface area contributed by atoms with E-state index in [9.17, 15) is 31.4 Å². The Morgan fingerprint density at radius 1 is 0.967 bits per heavy atom. The van der Waals surface area contributed by atoms with Gasteiger partial charge in [0.2, 0.25) is 0 Å². The Kier molecular flexibility index (Phi) is 7.38. The molecule has 6 nitrogen and oxygen atoms in total. The molecule has 0 aliphatic carbocycles. The molecule has 0 bridgehead atoms. The molecule has 0 aliphatic rings. The van der Waals surface area contributed by atoms with Crippen LogP contribution in [0.2, 0.25) is 0 Å². The fourth-order valence-corrected chi connectivity index (χ4v) is 2.12. The number of ether oxygens (including phenoxy) is 2. The third-order valence-electron chi connectivity index (χ3n) is 3.46. The highest BCUT2D eigenvalue weighted by molar-refractivity contribution is 5.92.